The molecule has 0 saturated heterocycles. The Bertz CT molecular complexity index is 150. The number of amides is 1. The van der Waals surface area contributed by atoms with Gasteiger partial charge in [0.2, 0.25) is 5.91 Å². The summed E-state index contributed by atoms with van der Waals surface area (Å²) in [5.74, 6) is 0.171. The molecule has 0 aliphatic carbocycles. The first kappa shape index (κ1) is 9.43. The van der Waals surface area contributed by atoms with Gasteiger partial charge in [0.05, 0.1) is 0 Å². The molecule has 0 spiro atoms. The second-order valence-electron chi connectivity index (χ2n) is 2.68. The first-order chi connectivity index (χ1) is 4.54. The standard InChI is InChI=1S/C7H15NOSi/c1-6(2)5-10-8(4)7(3)9/h5H,10H2,1-4H3. The summed E-state index contributed by atoms with van der Waals surface area (Å²) in [7, 11) is 1.42. The van der Waals surface area contributed by atoms with Gasteiger partial charge in [-0.25, -0.2) is 0 Å². The molecule has 0 unspecified atom stereocenters. The molecule has 0 saturated carbocycles. The molecule has 0 bridgehead atoms. The number of nitrogens with zero attached hydrogens (tertiary/aromatic N) is 1. The Hall–Kier alpha value is -0.573. The number of carbonyl (C=O) groups excluding carboxylic acids is 1. The lowest BCUT2D eigenvalue weighted by Gasteiger charge is -2.10. The highest BCUT2D eigenvalue weighted by molar-refractivity contribution is 6.42. The topological polar surface area (TPSA) is 20.3 Å². The van der Waals surface area contributed by atoms with E-state index in [0.717, 1.165) is 0 Å². The van der Waals surface area contributed by atoms with Gasteiger partial charge in [-0.15, -0.1) is 0 Å². The molecule has 0 atom stereocenters. The molecular formula is C7H15NOSi. The molecule has 0 heterocycles. The quantitative estimate of drug-likeness (QED) is 0.534. The lowest BCUT2D eigenvalue weighted by atomic mass is 10.4. The van der Waals surface area contributed by atoms with Crippen LogP contribution in [0.4, 0.5) is 0 Å². The van der Waals surface area contributed by atoms with Gasteiger partial charge in [-0.1, -0.05) is 11.3 Å². The molecule has 1 amide bonds. The zero-order valence-corrected chi connectivity index (χ0v) is 8.55. The van der Waals surface area contributed by atoms with Crippen molar-refractivity contribution in [3.63, 3.8) is 0 Å². The normalized spacial score (nSPS) is 10.0. The van der Waals surface area contributed by atoms with Crippen molar-refractivity contribution in [3.8, 4) is 0 Å². The summed E-state index contributed by atoms with van der Waals surface area (Å²) in [5.41, 5.74) is 3.47. The third kappa shape index (κ3) is 4.32. The van der Waals surface area contributed by atoms with Crippen LogP contribution in [-0.2, 0) is 4.79 Å². The number of carbonyl (C=O) groups is 1. The molecule has 58 valence electrons. The number of hydrogen-bond acceptors (Lipinski definition) is 1. The maximum atomic E-state index is 10.7. The minimum absolute atomic E-state index is 0.171. The van der Waals surface area contributed by atoms with Crippen molar-refractivity contribution in [2.24, 2.45) is 0 Å². The van der Waals surface area contributed by atoms with E-state index >= 15 is 0 Å². The molecule has 0 aromatic heterocycles. The van der Waals surface area contributed by atoms with E-state index in [2.05, 4.69) is 19.5 Å². The van der Waals surface area contributed by atoms with Gasteiger partial charge < -0.3 is 4.57 Å². The molecule has 0 aromatic carbocycles. The minimum Gasteiger partial charge on any atom is -0.374 e. The third-order valence-electron chi connectivity index (χ3n) is 1.31. The maximum Gasteiger partial charge on any atom is 0.211 e. The van der Waals surface area contributed by atoms with Crippen LogP contribution in [0.15, 0.2) is 11.3 Å². The van der Waals surface area contributed by atoms with Gasteiger partial charge in [0.25, 0.3) is 0 Å². The van der Waals surface area contributed by atoms with E-state index in [-0.39, 0.29) is 5.91 Å². The Morgan fingerprint density at radius 1 is 1.40 bits per heavy atom. The lowest BCUT2D eigenvalue weighted by Crippen LogP contribution is -2.26. The van der Waals surface area contributed by atoms with Crippen molar-refractivity contribution in [3.05, 3.63) is 11.3 Å². The highest BCUT2D eigenvalue weighted by Crippen LogP contribution is 1.88. The van der Waals surface area contributed by atoms with Gasteiger partial charge in [0, 0.05) is 14.0 Å². The van der Waals surface area contributed by atoms with E-state index in [1.54, 1.807) is 6.92 Å². The average molecular weight is 157 g/mol. The molecule has 10 heavy (non-hydrogen) atoms. The number of rotatable bonds is 2. The summed E-state index contributed by atoms with van der Waals surface area (Å²) in [6, 6.07) is 0. The fraction of sp³-hybridized carbons (Fsp3) is 0.571. The van der Waals surface area contributed by atoms with E-state index in [4.69, 9.17) is 0 Å². The second-order valence-corrected chi connectivity index (χ2v) is 4.40. The summed E-state index contributed by atoms with van der Waals surface area (Å²) in [6.07, 6.45) is 0. The van der Waals surface area contributed by atoms with Crippen LogP contribution in [0.25, 0.3) is 0 Å². The van der Waals surface area contributed by atoms with E-state index in [1.807, 2.05) is 11.6 Å². The van der Waals surface area contributed by atoms with Crippen LogP contribution in [0.2, 0.25) is 0 Å². The molecule has 0 fully saturated rings. The molecule has 0 aliphatic heterocycles. The fourth-order valence-corrected chi connectivity index (χ4v) is 1.34. The van der Waals surface area contributed by atoms with Crippen molar-refractivity contribution < 1.29 is 4.79 Å². The summed E-state index contributed by atoms with van der Waals surface area (Å²) in [5, 5.41) is 0. The smallest absolute Gasteiger partial charge is 0.211 e. The van der Waals surface area contributed by atoms with Crippen molar-refractivity contribution in [2.75, 3.05) is 7.05 Å². The van der Waals surface area contributed by atoms with E-state index in [0.29, 0.717) is 0 Å². The van der Waals surface area contributed by atoms with E-state index in [9.17, 15) is 4.79 Å². The largest absolute Gasteiger partial charge is 0.374 e. The van der Waals surface area contributed by atoms with Crippen molar-refractivity contribution in [1.29, 1.82) is 0 Å². The SMILES string of the molecule is CC(=O)N(C)[SiH2]C=C(C)C. The number of hydrogen-bond donors (Lipinski definition) is 0. The monoisotopic (exact) mass is 157 g/mol. The molecule has 0 aromatic rings. The third-order valence-corrected chi connectivity index (χ3v) is 3.30. The van der Waals surface area contributed by atoms with E-state index < -0.39 is 9.68 Å². The summed E-state index contributed by atoms with van der Waals surface area (Å²) >= 11 is 0. The Morgan fingerprint density at radius 2 is 1.90 bits per heavy atom. The van der Waals surface area contributed by atoms with Gasteiger partial charge >= 0.3 is 0 Å². The number of allylic oxidation sites excluding steroid dienone is 1. The molecule has 3 heteroatoms. The van der Waals surface area contributed by atoms with Crippen LogP contribution >= 0.6 is 0 Å². The van der Waals surface area contributed by atoms with Crippen molar-refractivity contribution in [1.82, 2.24) is 4.57 Å². The zero-order valence-electron chi connectivity index (χ0n) is 7.14. The maximum absolute atomic E-state index is 10.7. The van der Waals surface area contributed by atoms with E-state index in [1.165, 1.54) is 5.57 Å². The first-order valence-electron chi connectivity index (χ1n) is 3.39. The van der Waals surface area contributed by atoms with Crippen LogP contribution in [0.5, 0.6) is 0 Å². The van der Waals surface area contributed by atoms with Crippen LogP contribution < -0.4 is 0 Å². The van der Waals surface area contributed by atoms with Crippen LogP contribution in [-0.4, -0.2) is 27.2 Å². The molecule has 0 radical (unpaired) electrons. The Kier molecular flexibility index (Phi) is 4.03. The van der Waals surface area contributed by atoms with Crippen LogP contribution in [0, 0.1) is 0 Å². The fourth-order valence-electron chi connectivity index (χ4n) is 0.448. The molecular weight excluding hydrogens is 142 g/mol. The Labute approximate surface area is 64.8 Å². The molecule has 0 rings (SSSR count). The second kappa shape index (κ2) is 4.28. The minimum atomic E-state index is -0.438. The van der Waals surface area contributed by atoms with Gasteiger partial charge in [-0.05, 0) is 13.8 Å². The van der Waals surface area contributed by atoms with Crippen molar-refractivity contribution in [2.45, 2.75) is 20.8 Å². The van der Waals surface area contributed by atoms with Gasteiger partial charge in [-0.2, -0.15) is 0 Å². The first-order valence-corrected chi connectivity index (χ1v) is 4.84. The van der Waals surface area contributed by atoms with Gasteiger partial charge in [0.15, 0.2) is 9.68 Å². The van der Waals surface area contributed by atoms with Crippen LogP contribution in [0.3, 0.4) is 0 Å². The molecule has 0 N–H and O–H groups in total. The van der Waals surface area contributed by atoms with Crippen molar-refractivity contribution >= 4 is 15.6 Å². The predicted octanol–water partition coefficient (Wildman–Crippen LogP) is 0.472. The predicted molar refractivity (Wildman–Crippen MR) is 46.4 cm³/mol. The Morgan fingerprint density at radius 3 is 2.20 bits per heavy atom. The van der Waals surface area contributed by atoms with Gasteiger partial charge in [0.1, 0.15) is 0 Å². The Balaban J connectivity index is 3.70. The molecule has 0 aliphatic rings. The highest BCUT2D eigenvalue weighted by Gasteiger charge is 1.97. The zero-order chi connectivity index (χ0) is 8.15. The average Bonchev–Trinajstić information content (AvgIpc) is 1.82. The lowest BCUT2D eigenvalue weighted by molar-refractivity contribution is -0.123. The summed E-state index contributed by atoms with van der Waals surface area (Å²) in [4.78, 5) is 10.7. The molecule has 2 nitrogen and oxygen atoms in total. The highest BCUT2D eigenvalue weighted by atomic mass is 28.2. The summed E-state index contributed by atoms with van der Waals surface area (Å²) in [6.45, 7) is 5.72. The summed E-state index contributed by atoms with van der Waals surface area (Å²) < 4.78 is 1.81. The van der Waals surface area contributed by atoms with Crippen LogP contribution in [0.1, 0.15) is 20.8 Å². The van der Waals surface area contributed by atoms with Gasteiger partial charge in [-0.3, -0.25) is 4.79 Å².